The van der Waals surface area contributed by atoms with Gasteiger partial charge in [0.05, 0.1) is 40.0 Å². The van der Waals surface area contributed by atoms with E-state index < -0.39 is 23.5 Å². The Labute approximate surface area is 246 Å². The summed E-state index contributed by atoms with van der Waals surface area (Å²) < 4.78 is 23.2. The van der Waals surface area contributed by atoms with Gasteiger partial charge in [0.25, 0.3) is 5.78 Å². The number of rotatable bonds is 6. The number of halogens is 1. The SMILES string of the molecule is CCOc1ccc2nc(N3C(=O)C(=O)/C(=C(/O)c4ccc5c(c4)OCCO5)[C@@H]3c3cc(Br)c(O)c(OC)c3)sc2c1. The van der Waals surface area contributed by atoms with Gasteiger partial charge < -0.3 is 29.2 Å². The van der Waals surface area contributed by atoms with Crippen LogP contribution >= 0.6 is 27.3 Å². The molecule has 0 aliphatic carbocycles. The number of carbonyl (C=O) groups excluding carboxylic acids is 2. The number of amides is 1. The molecule has 10 nitrogen and oxygen atoms in total. The monoisotopic (exact) mass is 638 g/mol. The summed E-state index contributed by atoms with van der Waals surface area (Å²) in [4.78, 5) is 33.2. The number of hydrogen-bond donors (Lipinski definition) is 2. The molecule has 1 atom stereocenters. The number of ketones is 1. The molecule has 1 saturated heterocycles. The number of benzene rings is 3. The zero-order valence-corrected chi connectivity index (χ0v) is 24.2. The molecule has 1 fully saturated rings. The van der Waals surface area contributed by atoms with E-state index in [9.17, 15) is 19.8 Å². The highest BCUT2D eigenvalue weighted by atomic mass is 79.9. The molecule has 0 unspecified atom stereocenters. The number of aromatic nitrogens is 1. The van der Waals surface area contributed by atoms with Gasteiger partial charge in [0.1, 0.15) is 24.7 Å². The second-order valence-electron chi connectivity index (χ2n) is 9.14. The van der Waals surface area contributed by atoms with Crippen LogP contribution in [0.5, 0.6) is 28.7 Å². The number of aliphatic hydroxyl groups is 1. The first kappa shape index (κ1) is 26.9. The molecular formula is C29H23BrN2O8S. The molecule has 3 heterocycles. The second-order valence-corrected chi connectivity index (χ2v) is 11.0. The largest absolute Gasteiger partial charge is 0.507 e. The normalized spacial score (nSPS) is 17.7. The molecule has 1 amide bonds. The minimum absolute atomic E-state index is 0.116. The van der Waals surface area contributed by atoms with Crippen LogP contribution in [-0.4, -0.2) is 53.8 Å². The van der Waals surface area contributed by atoms with Crippen LogP contribution in [0.25, 0.3) is 16.0 Å². The van der Waals surface area contributed by atoms with Gasteiger partial charge in [-0.2, -0.15) is 0 Å². The highest BCUT2D eigenvalue weighted by molar-refractivity contribution is 9.10. The van der Waals surface area contributed by atoms with Crippen LogP contribution in [-0.2, 0) is 9.59 Å². The molecule has 0 bridgehead atoms. The average Bonchev–Trinajstić information content (AvgIpc) is 3.51. The molecule has 41 heavy (non-hydrogen) atoms. The van der Waals surface area contributed by atoms with Crippen LogP contribution in [0.3, 0.4) is 0 Å². The van der Waals surface area contributed by atoms with Crippen molar-refractivity contribution in [3.63, 3.8) is 0 Å². The maximum absolute atomic E-state index is 13.7. The first-order chi connectivity index (χ1) is 19.8. The maximum Gasteiger partial charge on any atom is 0.301 e. The Bertz CT molecular complexity index is 1750. The number of phenolic OH excluding ortho intramolecular Hbond substituents is 1. The minimum Gasteiger partial charge on any atom is -0.507 e. The van der Waals surface area contributed by atoms with Crippen LogP contribution in [0.1, 0.15) is 24.1 Å². The van der Waals surface area contributed by atoms with E-state index in [1.54, 1.807) is 36.4 Å². The van der Waals surface area contributed by atoms with Crippen LogP contribution in [0, 0.1) is 0 Å². The summed E-state index contributed by atoms with van der Waals surface area (Å²) in [6.45, 7) is 3.11. The number of methoxy groups -OCH3 is 1. The van der Waals surface area contributed by atoms with Crippen molar-refractivity contribution in [2.24, 2.45) is 0 Å². The number of fused-ring (bicyclic) bond motifs is 2. The van der Waals surface area contributed by atoms with E-state index in [0.29, 0.717) is 48.1 Å². The Hall–Kier alpha value is -4.29. The molecule has 2 aliphatic heterocycles. The number of anilines is 1. The van der Waals surface area contributed by atoms with E-state index in [1.165, 1.54) is 29.4 Å². The van der Waals surface area contributed by atoms with E-state index >= 15 is 0 Å². The average molecular weight is 639 g/mol. The number of aromatic hydroxyl groups is 1. The summed E-state index contributed by atoms with van der Waals surface area (Å²) in [7, 11) is 1.39. The molecule has 12 heteroatoms. The van der Waals surface area contributed by atoms with Crippen molar-refractivity contribution >= 4 is 60.1 Å². The topological polar surface area (TPSA) is 128 Å². The fraction of sp³-hybridized carbons (Fsp3) is 0.207. The van der Waals surface area contributed by atoms with E-state index in [1.807, 2.05) is 13.0 Å². The fourth-order valence-corrected chi connectivity index (χ4v) is 6.33. The molecule has 0 spiro atoms. The summed E-state index contributed by atoms with van der Waals surface area (Å²) in [5.41, 5.74) is 1.14. The molecule has 1 aromatic heterocycles. The number of hydrogen-bond acceptors (Lipinski definition) is 10. The lowest BCUT2D eigenvalue weighted by atomic mass is 9.95. The predicted octanol–water partition coefficient (Wildman–Crippen LogP) is 5.57. The molecule has 4 aromatic rings. The lowest BCUT2D eigenvalue weighted by molar-refractivity contribution is -0.132. The zero-order chi connectivity index (χ0) is 28.8. The van der Waals surface area contributed by atoms with Gasteiger partial charge in [-0.1, -0.05) is 11.3 Å². The van der Waals surface area contributed by atoms with Crippen molar-refractivity contribution in [2.45, 2.75) is 13.0 Å². The Morgan fingerprint density at radius 1 is 1.12 bits per heavy atom. The number of aliphatic hydroxyl groups excluding tert-OH is 1. The molecule has 6 rings (SSSR count). The van der Waals surface area contributed by atoms with E-state index in [-0.39, 0.29) is 32.2 Å². The molecular weight excluding hydrogens is 616 g/mol. The molecule has 210 valence electrons. The van der Waals surface area contributed by atoms with Crippen LogP contribution in [0.15, 0.2) is 58.6 Å². The molecule has 2 N–H and O–H groups in total. The number of thiazole rings is 1. The fourth-order valence-electron chi connectivity index (χ4n) is 4.85. The van der Waals surface area contributed by atoms with E-state index in [0.717, 1.165) is 4.70 Å². The number of phenols is 1. The van der Waals surface area contributed by atoms with E-state index in [2.05, 4.69) is 20.9 Å². The number of carbonyl (C=O) groups is 2. The summed E-state index contributed by atoms with van der Waals surface area (Å²) in [6, 6.07) is 12.2. The molecule has 0 saturated carbocycles. The summed E-state index contributed by atoms with van der Waals surface area (Å²) >= 11 is 4.54. The quantitative estimate of drug-likeness (QED) is 0.158. The van der Waals surface area contributed by atoms with E-state index in [4.69, 9.17) is 18.9 Å². The Morgan fingerprint density at radius 3 is 2.66 bits per heavy atom. The van der Waals surface area contributed by atoms with Gasteiger partial charge in [-0.3, -0.25) is 14.5 Å². The summed E-state index contributed by atoms with van der Waals surface area (Å²) in [5.74, 6) is -0.598. The Morgan fingerprint density at radius 2 is 1.90 bits per heavy atom. The van der Waals surface area contributed by atoms with Crippen molar-refractivity contribution < 1.29 is 38.7 Å². The third kappa shape index (κ3) is 4.62. The number of ether oxygens (including phenoxy) is 4. The van der Waals surface area contributed by atoms with Crippen LogP contribution in [0.2, 0.25) is 0 Å². The van der Waals surface area contributed by atoms with Crippen molar-refractivity contribution in [3.8, 4) is 28.7 Å². The summed E-state index contributed by atoms with van der Waals surface area (Å²) in [5, 5.41) is 22.3. The molecule has 2 aliphatic rings. The lowest BCUT2D eigenvalue weighted by Gasteiger charge is -2.24. The van der Waals surface area contributed by atoms with Gasteiger partial charge in [-0.05, 0) is 76.9 Å². The first-order valence-corrected chi connectivity index (χ1v) is 14.2. The smallest absolute Gasteiger partial charge is 0.301 e. The number of nitrogens with zero attached hydrogens (tertiary/aromatic N) is 2. The molecule has 3 aromatic carbocycles. The Kier molecular flexibility index (Phi) is 6.96. The maximum atomic E-state index is 13.7. The summed E-state index contributed by atoms with van der Waals surface area (Å²) in [6.07, 6.45) is 0. The van der Waals surface area contributed by atoms with Crippen LogP contribution in [0.4, 0.5) is 5.13 Å². The van der Waals surface area contributed by atoms with Gasteiger partial charge in [-0.25, -0.2) is 4.98 Å². The zero-order valence-electron chi connectivity index (χ0n) is 21.8. The van der Waals surface area contributed by atoms with Gasteiger partial charge in [-0.15, -0.1) is 0 Å². The third-order valence-corrected chi connectivity index (χ3v) is 8.33. The highest BCUT2D eigenvalue weighted by Gasteiger charge is 2.48. The lowest BCUT2D eigenvalue weighted by Crippen LogP contribution is -2.29. The minimum atomic E-state index is -1.10. The van der Waals surface area contributed by atoms with Gasteiger partial charge in [0.15, 0.2) is 28.1 Å². The van der Waals surface area contributed by atoms with Crippen molar-refractivity contribution in [1.29, 1.82) is 0 Å². The highest BCUT2D eigenvalue weighted by Crippen LogP contribution is 2.48. The standard InChI is InChI=1S/C29H23BrN2O8S/c1-3-38-16-5-6-18-22(13-16)41-29(31-18)32-24(15-10-17(30)26(34)21(12-15)37-2)23(27(35)28(32)36)25(33)14-4-7-19-20(11-14)40-9-8-39-19/h4-7,10-13,24,33-34H,3,8-9H2,1-2H3/b25-23+/t24-/m0/s1. The second kappa shape index (κ2) is 10.6. The van der Waals surface area contributed by atoms with Gasteiger partial charge in [0, 0.05) is 5.56 Å². The van der Waals surface area contributed by atoms with Crippen molar-refractivity contribution in [1.82, 2.24) is 4.98 Å². The number of Topliss-reactive ketones (excluding diaryl/α,β-unsaturated/α-hetero) is 1. The third-order valence-electron chi connectivity index (χ3n) is 6.71. The Balaban J connectivity index is 1.55. The molecule has 0 radical (unpaired) electrons. The first-order valence-electron chi connectivity index (χ1n) is 12.6. The van der Waals surface area contributed by atoms with Crippen molar-refractivity contribution in [3.05, 3.63) is 69.7 Å². The van der Waals surface area contributed by atoms with Crippen molar-refractivity contribution in [2.75, 3.05) is 31.8 Å². The predicted molar refractivity (Wildman–Crippen MR) is 155 cm³/mol. The van der Waals surface area contributed by atoms with Crippen LogP contribution < -0.4 is 23.8 Å². The van der Waals surface area contributed by atoms with Gasteiger partial charge >= 0.3 is 5.91 Å². The van der Waals surface area contributed by atoms with Gasteiger partial charge in [0.2, 0.25) is 0 Å².